The molecule has 0 aromatic heterocycles. The fourth-order valence-corrected chi connectivity index (χ4v) is 2.09. The molecule has 0 spiro atoms. The molecular formula is C17H25N3O4. The highest BCUT2D eigenvalue weighted by atomic mass is 16.4. The number of benzene rings is 1. The summed E-state index contributed by atoms with van der Waals surface area (Å²) in [6.07, 6.45) is 0.661. The van der Waals surface area contributed by atoms with Crippen LogP contribution in [0.4, 0.5) is 10.5 Å². The number of anilines is 1. The minimum atomic E-state index is -1.05. The summed E-state index contributed by atoms with van der Waals surface area (Å²) in [6.45, 7) is 7.07. The van der Waals surface area contributed by atoms with E-state index in [9.17, 15) is 14.4 Å². The van der Waals surface area contributed by atoms with E-state index in [0.29, 0.717) is 17.7 Å². The Labute approximate surface area is 142 Å². The predicted octanol–water partition coefficient (Wildman–Crippen LogP) is 2.54. The first-order chi connectivity index (χ1) is 11.2. The van der Waals surface area contributed by atoms with Crippen molar-refractivity contribution in [2.45, 2.75) is 46.2 Å². The maximum Gasteiger partial charge on any atom is 0.323 e. The van der Waals surface area contributed by atoms with Crippen LogP contribution >= 0.6 is 0 Å². The third-order valence-electron chi connectivity index (χ3n) is 3.50. The quantitative estimate of drug-likeness (QED) is 0.713. The van der Waals surface area contributed by atoms with Gasteiger partial charge in [-0.2, -0.15) is 0 Å². The summed E-state index contributed by atoms with van der Waals surface area (Å²) in [7, 11) is 0. The number of carbonyl (C=O) groups excluding carboxylic acids is 2. The van der Waals surface area contributed by atoms with Crippen molar-refractivity contribution in [1.82, 2.24) is 10.2 Å². The lowest BCUT2D eigenvalue weighted by molar-refractivity contribution is -0.138. The van der Waals surface area contributed by atoms with E-state index >= 15 is 0 Å². The highest BCUT2D eigenvalue weighted by molar-refractivity contribution is 5.97. The van der Waals surface area contributed by atoms with Crippen LogP contribution in [0.15, 0.2) is 24.3 Å². The van der Waals surface area contributed by atoms with Crippen LogP contribution < -0.4 is 10.6 Å². The van der Waals surface area contributed by atoms with Gasteiger partial charge in [-0.3, -0.25) is 9.59 Å². The average Bonchev–Trinajstić information content (AvgIpc) is 2.51. The van der Waals surface area contributed by atoms with Crippen molar-refractivity contribution < 1.29 is 19.5 Å². The van der Waals surface area contributed by atoms with Gasteiger partial charge in [-0.25, -0.2) is 4.79 Å². The summed E-state index contributed by atoms with van der Waals surface area (Å²) in [5, 5.41) is 14.4. The molecule has 0 radical (unpaired) electrons. The topological polar surface area (TPSA) is 98.7 Å². The van der Waals surface area contributed by atoms with E-state index < -0.39 is 5.97 Å². The van der Waals surface area contributed by atoms with Crippen LogP contribution in [0.1, 0.15) is 44.5 Å². The Morgan fingerprint density at radius 2 is 1.71 bits per heavy atom. The highest BCUT2D eigenvalue weighted by Crippen LogP contribution is 2.14. The molecule has 132 valence electrons. The van der Waals surface area contributed by atoms with Crippen molar-refractivity contribution in [1.29, 1.82) is 0 Å². The standard InChI is InChI=1S/C17H25N3O4/c1-5-12(4)20(10-15(21)22)16(23)13-6-8-14(9-7-13)19-17(24)18-11(2)3/h6-9,11-12H,5,10H2,1-4H3,(H,21,22)(H2,18,19,24). The molecule has 0 fully saturated rings. The number of carboxylic acids is 1. The van der Waals surface area contributed by atoms with E-state index in [2.05, 4.69) is 10.6 Å². The number of rotatable bonds is 7. The number of aliphatic carboxylic acids is 1. The number of hydrogen-bond acceptors (Lipinski definition) is 3. The zero-order valence-electron chi connectivity index (χ0n) is 14.5. The van der Waals surface area contributed by atoms with E-state index in [0.717, 1.165) is 0 Å². The van der Waals surface area contributed by atoms with E-state index in [1.807, 2.05) is 27.7 Å². The highest BCUT2D eigenvalue weighted by Gasteiger charge is 2.22. The summed E-state index contributed by atoms with van der Waals surface area (Å²) in [4.78, 5) is 36.5. The lowest BCUT2D eigenvalue weighted by Crippen LogP contribution is -2.41. The molecule has 0 aliphatic heterocycles. The normalized spacial score (nSPS) is 11.7. The number of carbonyl (C=O) groups is 3. The van der Waals surface area contributed by atoms with Crippen molar-refractivity contribution in [2.75, 3.05) is 11.9 Å². The van der Waals surface area contributed by atoms with E-state index in [-0.39, 0.29) is 30.6 Å². The maximum absolute atomic E-state index is 12.5. The monoisotopic (exact) mass is 335 g/mol. The van der Waals surface area contributed by atoms with Crippen molar-refractivity contribution >= 4 is 23.6 Å². The summed E-state index contributed by atoms with van der Waals surface area (Å²) < 4.78 is 0. The first-order valence-electron chi connectivity index (χ1n) is 7.95. The molecule has 0 bridgehead atoms. The van der Waals surface area contributed by atoms with Crippen molar-refractivity contribution in [2.24, 2.45) is 0 Å². The third kappa shape index (κ3) is 5.91. The second kappa shape index (κ2) is 8.90. The molecule has 1 aromatic carbocycles. The van der Waals surface area contributed by atoms with Gasteiger partial charge in [0.25, 0.3) is 5.91 Å². The van der Waals surface area contributed by atoms with Gasteiger partial charge >= 0.3 is 12.0 Å². The summed E-state index contributed by atoms with van der Waals surface area (Å²) >= 11 is 0. The molecule has 0 saturated heterocycles. The Hall–Kier alpha value is -2.57. The molecule has 0 heterocycles. The Kier molecular flexibility index (Phi) is 7.23. The van der Waals surface area contributed by atoms with Gasteiger partial charge in [-0.05, 0) is 51.5 Å². The van der Waals surface area contributed by atoms with E-state index in [4.69, 9.17) is 5.11 Å². The number of urea groups is 1. The van der Waals surface area contributed by atoms with Gasteiger partial charge in [0.15, 0.2) is 0 Å². The SMILES string of the molecule is CCC(C)N(CC(=O)O)C(=O)c1ccc(NC(=O)NC(C)C)cc1. The van der Waals surface area contributed by atoms with Crippen LogP contribution in [0.5, 0.6) is 0 Å². The largest absolute Gasteiger partial charge is 0.480 e. The molecule has 0 saturated carbocycles. The fourth-order valence-electron chi connectivity index (χ4n) is 2.09. The molecule has 1 unspecified atom stereocenters. The first kappa shape index (κ1) is 19.5. The van der Waals surface area contributed by atoms with Gasteiger partial charge in [-0.15, -0.1) is 0 Å². The fraction of sp³-hybridized carbons (Fsp3) is 0.471. The van der Waals surface area contributed by atoms with E-state index in [1.165, 1.54) is 4.90 Å². The predicted molar refractivity (Wildman–Crippen MR) is 92.2 cm³/mol. The molecule has 1 rings (SSSR count). The van der Waals surface area contributed by atoms with Crippen molar-refractivity contribution in [3.8, 4) is 0 Å². The van der Waals surface area contributed by atoms with E-state index in [1.54, 1.807) is 24.3 Å². The number of nitrogens with one attached hydrogen (secondary N) is 2. The number of carboxylic acid groups (broad SMARTS) is 1. The molecular weight excluding hydrogens is 310 g/mol. The van der Waals surface area contributed by atoms with Crippen LogP contribution in [0, 0.1) is 0 Å². The molecule has 1 atom stereocenters. The van der Waals surface area contributed by atoms with Crippen molar-refractivity contribution in [3.63, 3.8) is 0 Å². The Morgan fingerprint density at radius 1 is 1.12 bits per heavy atom. The zero-order chi connectivity index (χ0) is 18.3. The molecule has 3 amide bonds. The number of hydrogen-bond donors (Lipinski definition) is 3. The Balaban J connectivity index is 2.84. The number of nitrogens with zero attached hydrogens (tertiary/aromatic N) is 1. The summed E-state index contributed by atoms with van der Waals surface area (Å²) in [6, 6.07) is 5.89. The van der Waals surface area contributed by atoms with Gasteiger partial charge in [0.05, 0.1) is 0 Å². The Bertz CT molecular complexity index is 584. The van der Waals surface area contributed by atoms with Gasteiger partial charge in [-0.1, -0.05) is 6.92 Å². The van der Waals surface area contributed by atoms with Crippen molar-refractivity contribution in [3.05, 3.63) is 29.8 Å². The maximum atomic E-state index is 12.5. The second-order valence-corrected chi connectivity index (χ2v) is 5.91. The molecule has 7 heteroatoms. The minimum Gasteiger partial charge on any atom is -0.480 e. The lowest BCUT2D eigenvalue weighted by Gasteiger charge is -2.27. The summed E-state index contributed by atoms with van der Waals surface area (Å²) in [5.41, 5.74) is 0.935. The van der Waals surface area contributed by atoms with Crippen LogP contribution in [0.2, 0.25) is 0 Å². The molecule has 3 N–H and O–H groups in total. The Morgan fingerprint density at radius 3 is 2.17 bits per heavy atom. The summed E-state index contributed by atoms with van der Waals surface area (Å²) in [5.74, 6) is -1.39. The zero-order valence-corrected chi connectivity index (χ0v) is 14.5. The second-order valence-electron chi connectivity index (χ2n) is 5.91. The molecule has 7 nitrogen and oxygen atoms in total. The van der Waals surface area contributed by atoms with Gasteiger partial charge < -0.3 is 20.6 Å². The van der Waals surface area contributed by atoms with Crippen LogP contribution in [0.3, 0.4) is 0 Å². The molecule has 0 aliphatic carbocycles. The van der Waals surface area contributed by atoms with Gasteiger partial charge in [0.1, 0.15) is 6.54 Å². The van der Waals surface area contributed by atoms with Gasteiger partial charge in [0.2, 0.25) is 0 Å². The average molecular weight is 335 g/mol. The minimum absolute atomic E-state index is 0.0194. The van der Waals surface area contributed by atoms with Gasteiger partial charge in [0, 0.05) is 23.3 Å². The number of amides is 3. The molecule has 24 heavy (non-hydrogen) atoms. The first-order valence-corrected chi connectivity index (χ1v) is 7.95. The molecule has 1 aromatic rings. The van der Waals surface area contributed by atoms with Crippen LogP contribution in [-0.2, 0) is 4.79 Å². The van der Waals surface area contributed by atoms with Crippen LogP contribution in [-0.4, -0.2) is 46.5 Å². The third-order valence-corrected chi connectivity index (χ3v) is 3.50. The van der Waals surface area contributed by atoms with Crippen LogP contribution in [0.25, 0.3) is 0 Å². The molecule has 0 aliphatic rings. The smallest absolute Gasteiger partial charge is 0.323 e. The lowest BCUT2D eigenvalue weighted by atomic mass is 10.1.